The Balaban J connectivity index is 2.07. The van der Waals surface area contributed by atoms with E-state index in [1.807, 2.05) is 6.07 Å². The molecule has 2 rings (SSSR count). The van der Waals surface area contributed by atoms with E-state index in [0.717, 1.165) is 30.3 Å². The van der Waals surface area contributed by atoms with Gasteiger partial charge in [0.1, 0.15) is 0 Å². The number of piperidine rings is 1. The monoisotopic (exact) mass is 274 g/mol. The second-order valence-corrected chi connectivity index (χ2v) is 6.33. The van der Waals surface area contributed by atoms with Crippen molar-refractivity contribution in [2.75, 3.05) is 26.2 Å². The molecule has 0 aromatic carbocycles. The molecule has 0 saturated carbocycles. The van der Waals surface area contributed by atoms with Crippen LogP contribution >= 0.6 is 22.9 Å². The molecule has 0 spiro atoms. The van der Waals surface area contributed by atoms with Gasteiger partial charge in [-0.05, 0) is 37.4 Å². The molecule has 0 bridgehead atoms. The topological polar surface area (TPSA) is 49.5 Å². The van der Waals surface area contributed by atoms with Crippen molar-refractivity contribution in [1.29, 1.82) is 0 Å². The number of hydrogen-bond donors (Lipinski definition) is 2. The molecule has 17 heavy (non-hydrogen) atoms. The van der Waals surface area contributed by atoms with Gasteiger partial charge >= 0.3 is 0 Å². The fourth-order valence-electron chi connectivity index (χ4n) is 2.48. The van der Waals surface area contributed by atoms with Crippen LogP contribution in [-0.2, 0) is 0 Å². The van der Waals surface area contributed by atoms with Gasteiger partial charge < -0.3 is 10.8 Å². The average molecular weight is 275 g/mol. The highest BCUT2D eigenvalue weighted by molar-refractivity contribution is 7.16. The van der Waals surface area contributed by atoms with E-state index in [4.69, 9.17) is 17.3 Å². The van der Waals surface area contributed by atoms with Crippen molar-refractivity contribution < 1.29 is 5.11 Å². The van der Waals surface area contributed by atoms with Gasteiger partial charge in [-0.3, -0.25) is 4.90 Å². The van der Waals surface area contributed by atoms with Crippen LogP contribution in [0.1, 0.15) is 23.8 Å². The first-order chi connectivity index (χ1) is 8.24. The standard InChI is InChI=1S/C12H19ClN2OS/c13-12-4-3-11(17-12)10(6-14)15-5-1-2-9(7-15)8-16/h3-4,9-10,16H,1-2,5-8,14H2. The molecule has 1 saturated heterocycles. The normalized spacial score (nSPS) is 23.8. The fraction of sp³-hybridized carbons (Fsp3) is 0.667. The zero-order chi connectivity index (χ0) is 12.3. The van der Waals surface area contributed by atoms with Gasteiger partial charge in [-0.15, -0.1) is 11.3 Å². The summed E-state index contributed by atoms with van der Waals surface area (Å²) in [5.74, 6) is 0.397. The van der Waals surface area contributed by atoms with E-state index < -0.39 is 0 Å². The lowest BCUT2D eigenvalue weighted by molar-refractivity contribution is 0.0912. The van der Waals surface area contributed by atoms with Crippen molar-refractivity contribution in [2.45, 2.75) is 18.9 Å². The van der Waals surface area contributed by atoms with Crippen LogP contribution in [0.15, 0.2) is 12.1 Å². The molecule has 2 unspecified atom stereocenters. The number of aliphatic hydroxyl groups excluding tert-OH is 1. The number of aliphatic hydroxyl groups is 1. The Kier molecular flexibility index (Phi) is 4.82. The van der Waals surface area contributed by atoms with Crippen molar-refractivity contribution in [3.8, 4) is 0 Å². The Labute approximate surface area is 111 Å². The number of thiophene rings is 1. The molecule has 0 amide bonds. The minimum Gasteiger partial charge on any atom is -0.396 e. The second kappa shape index (κ2) is 6.16. The minimum atomic E-state index is 0.252. The maximum absolute atomic E-state index is 9.26. The van der Waals surface area contributed by atoms with Crippen LogP contribution in [0.3, 0.4) is 0 Å². The Morgan fingerprint density at radius 1 is 1.59 bits per heavy atom. The molecule has 0 aliphatic carbocycles. The summed E-state index contributed by atoms with van der Waals surface area (Å²) in [5, 5.41) is 9.26. The average Bonchev–Trinajstić information content (AvgIpc) is 2.77. The highest BCUT2D eigenvalue weighted by atomic mass is 35.5. The Morgan fingerprint density at radius 3 is 3.00 bits per heavy atom. The number of likely N-dealkylation sites (tertiary alicyclic amines) is 1. The first kappa shape index (κ1) is 13.3. The molecule has 3 nitrogen and oxygen atoms in total. The van der Waals surface area contributed by atoms with Crippen LogP contribution < -0.4 is 5.73 Å². The molecule has 5 heteroatoms. The second-order valence-electron chi connectivity index (χ2n) is 4.58. The van der Waals surface area contributed by atoms with E-state index in [2.05, 4.69) is 11.0 Å². The molecule has 96 valence electrons. The SMILES string of the molecule is NCC(c1ccc(Cl)s1)N1CCCC(CO)C1. The molecule has 0 radical (unpaired) electrons. The van der Waals surface area contributed by atoms with Crippen LogP contribution in [0.4, 0.5) is 0 Å². The van der Waals surface area contributed by atoms with Crippen molar-refractivity contribution in [3.63, 3.8) is 0 Å². The first-order valence-corrected chi connectivity index (χ1v) is 7.24. The predicted molar refractivity (Wildman–Crippen MR) is 72.5 cm³/mol. The summed E-state index contributed by atoms with van der Waals surface area (Å²) < 4.78 is 0.814. The summed E-state index contributed by atoms with van der Waals surface area (Å²) in [4.78, 5) is 3.61. The lowest BCUT2D eigenvalue weighted by Crippen LogP contribution is -2.41. The Morgan fingerprint density at radius 2 is 2.41 bits per heavy atom. The molecule has 1 aliphatic heterocycles. The predicted octanol–water partition coefficient (Wildman–Crippen LogP) is 2.11. The zero-order valence-electron chi connectivity index (χ0n) is 9.81. The van der Waals surface area contributed by atoms with Gasteiger partial charge in [0, 0.05) is 24.6 Å². The molecule has 1 aromatic heterocycles. The van der Waals surface area contributed by atoms with Gasteiger partial charge in [0.05, 0.1) is 10.4 Å². The minimum absolute atomic E-state index is 0.252. The van der Waals surface area contributed by atoms with Crippen LogP contribution in [0.2, 0.25) is 4.34 Å². The number of rotatable bonds is 4. The maximum Gasteiger partial charge on any atom is 0.0931 e. The summed E-state index contributed by atoms with van der Waals surface area (Å²) in [5.41, 5.74) is 5.89. The van der Waals surface area contributed by atoms with Gasteiger partial charge in [0.15, 0.2) is 0 Å². The Bertz CT molecular complexity index is 358. The van der Waals surface area contributed by atoms with Gasteiger partial charge in [0.2, 0.25) is 0 Å². The zero-order valence-corrected chi connectivity index (χ0v) is 11.4. The van der Waals surface area contributed by atoms with E-state index >= 15 is 0 Å². The largest absolute Gasteiger partial charge is 0.396 e. The molecule has 1 fully saturated rings. The lowest BCUT2D eigenvalue weighted by atomic mass is 9.97. The third-order valence-electron chi connectivity index (χ3n) is 3.40. The first-order valence-electron chi connectivity index (χ1n) is 6.04. The molecule has 3 N–H and O–H groups in total. The van der Waals surface area contributed by atoms with E-state index in [9.17, 15) is 5.11 Å². The highest BCUT2D eigenvalue weighted by Crippen LogP contribution is 2.32. The summed E-state index contributed by atoms with van der Waals surface area (Å²) >= 11 is 7.58. The van der Waals surface area contributed by atoms with Crippen molar-refractivity contribution in [1.82, 2.24) is 4.90 Å². The highest BCUT2D eigenvalue weighted by Gasteiger charge is 2.26. The summed E-state index contributed by atoms with van der Waals surface area (Å²) in [6, 6.07) is 4.24. The van der Waals surface area contributed by atoms with Crippen LogP contribution in [0, 0.1) is 5.92 Å². The van der Waals surface area contributed by atoms with Crippen LogP contribution in [0.25, 0.3) is 0 Å². The van der Waals surface area contributed by atoms with Gasteiger partial charge in [-0.1, -0.05) is 11.6 Å². The third-order valence-corrected chi connectivity index (χ3v) is 4.73. The molecular formula is C12H19ClN2OS. The summed E-state index contributed by atoms with van der Waals surface area (Å²) in [6.07, 6.45) is 2.26. The Hall–Kier alpha value is -0.130. The van der Waals surface area contributed by atoms with E-state index in [1.54, 1.807) is 11.3 Å². The third kappa shape index (κ3) is 3.20. The quantitative estimate of drug-likeness (QED) is 0.884. The number of nitrogens with zero attached hydrogens (tertiary/aromatic N) is 1. The van der Waals surface area contributed by atoms with Crippen molar-refractivity contribution >= 4 is 22.9 Å². The van der Waals surface area contributed by atoms with Crippen LogP contribution in [0.5, 0.6) is 0 Å². The molecular weight excluding hydrogens is 256 g/mol. The van der Waals surface area contributed by atoms with Crippen molar-refractivity contribution in [2.24, 2.45) is 11.7 Å². The number of hydrogen-bond acceptors (Lipinski definition) is 4. The van der Waals surface area contributed by atoms with E-state index in [1.165, 1.54) is 4.88 Å². The van der Waals surface area contributed by atoms with Gasteiger partial charge in [-0.25, -0.2) is 0 Å². The van der Waals surface area contributed by atoms with Crippen LogP contribution in [-0.4, -0.2) is 36.2 Å². The van der Waals surface area contributed by atoms with Gasteiger partial charge in [-0.2, -0.15) is 0 Å². The number of halogens is 1. The smallest absolute Gasteiger partial charge is 0.0931 e. The lowest BCUT2D eigenvalue weighted by Gasteiger charge is -2.36. The fourth-order valence-corrected chi connectivity index (χ4v) is 3.69. The molecule has 2 heterocycles. The van der Waals surface area contributed by atoms with Crippen molar-refractivity contribution in [3.05, 3.63) is 21.3 Å². The maximum atomic E-state index is 9.26. The summed E-state index contributed by atoms with van der Waals surface area (Å²) in [7, 11) is 0. The molecule has 2 atom stereocenters. The molecule has 1 aromatic rings. The van der Waals surface area contributed by atoms with Gasteiger partial charge in [0.25, 0.3) is 0 Å². The van der Waals surface area contributed by atoms with E-state index in [-0.39, 0.29) is 12.6 Å². The number of nitrogens with two attached hydrogens (primary N) is 1. The summed E-state index contributed by atoms with van der Waals surface area (Å²) in [6.45, 7) is 2.88. The molecule has 1 aliphatic rings. The van der Waals surface area contributed by atoms with E-state index in [0.29, 0.717) is 12.5 Å².